The minimum atomic E-state index is 0. The molecule has 130 valence electrons. The molecule has 7 heteroatoms. The molecule has 1 aliphatic heterocycles. The smallest absolute Gasteiger partial charge is 0.193 e. The van der Waals surface area contributed by atoms with E-state index in [9.17, 15) is 0 Å². The van der Waals surface area contributed by atoms with Crippen LogP contribution in [0.4, 0.5) is 0 Å². The van der Waals surface area contributed by atoms with E-state index in [2.05, 4.69) is 32.2 Å². The second-order valence-electron chi connectivity index (χ2n) is 6.04. The van der Waals surface area contributed by atoms with Crippen molar-refractivity contribution in [3.05, 3.63) is 42.4 Å². The van der Waals surface area contributed by atoms with E-state index in [4.69, 9.17) is 0 Å². The van der Waals surface area contributed by atoms with Gasteiger partial charge in [0.05, 0.1) is 0 Å². The Bertz CT molecular complexity index is 647. The number of aliphatic imine (C=N–C) groups is 1. The van der Waals surface area contributed by atoms with Crippen LogP contribution in [0.25, 0.3) is 5.82 Å². The molecule has 24 heavy (non-hydrogen) atoms. The third kappa shape index (κ3) is 4.68. The van der Waals surface area contributed by atoms with Crippen molar-refractivity contribution >= 4 is 29.9 Å². The van der Waals surface area contributed by atoms with E-state index in [0.717, 1.165) is 42.9 Å². The molecule has 0 aromatic carbocycles. The fourth-order valence-electron chi connectivity index (χ4n) is 2.83. The van der Waals surface area contributed by atoms with Crippen molar-refractivity contribution in [1.82, 2.24) is 25.0 Å². The SMILES string of the molecule is CN=C(NCc1ccnc(-n2cccn2)c1)N1CCC(C)CC1.I. The van der Waals surface area contributed by atoms with Crippen LogP contribution in [0, 0.1) is 5.92 Å². The zero-order valence-electron chi connectivity index (χ0n) is 14.2. The van der Waals surface area contributed by atoms with Crippen LogP contribution in [-0.4, -0.2) is 45.8 Å². The van der Waals surface area contributed by atoms with Crippen LogP contribution in [0.2, 0.25) is 0 Å². The lowest BCUT2D eigenvalue weighted by molar-refractivity contribution is 0.273. The molecule has 0 unspecified atom stereocenters. The molecule has 6 nitrogen and oxygen atoms in total. The molecule has 0 amide bonds. The van der Waals surface area contributed by atoms with E-state index in [1.54, 1.807) is 10.9 Å². The van der Waals surface area contributed by atoms with Gasteiger partial charge in [-0.15, -0.1) is 24.0 Å². The summed E-state index contributed by atoms with van der Waals surface area (Å²) < 4.78 is 1.77. The maximum absolute atomic E-state index is 4.42. The van der Waals surface area contributed by atoms with Gasteiger partial charge in [-0.25, -0.2) is 9.67 Å². The van der Waals surface area contributed by atoms with Crippen LogP contribution < -0.4 is 5.32 Å². The van der Waals surface area contributed by atoms with Crippen molar-refractivity contribution in [3.63, 3.8) is 0 Å². The fraction of sp³-hybridized carbons (Fsp3) is 0.471. The van der Waals surface area contributed by atoms with Crippen molar-refractivity contribution in [2.75, 3.05) is 20.1 Å². The molecule has 3 rings (SSSR count). The first kappa shape index (κ1) is 18.7. The molecule has 2 aromatic rings. The number of piperidine rings is 1. The second-order valence-corrected chi connectivity index (χ2v) is 6.04. The van der Waals surface area contributed by atoms with E-state index in [0.29, 0.717) is 0 Å². The molecule has 1 fully saturated rings. The number of nitrogens with one attached hydrogen (secondary N) is 1. The van der Waals surface area contributed by atoms with Crippen molar-refractivity contribution in [2.45, 2.75) is 26.3 Å². The summed E-state index contributed by atoms with van der Waals surface area (Å²) in [5.41, 5.74) is 1.16. The first-order valence-electron chi connectivity index (χ1n) is 8.17. The molecule has 3 heterocycles. The van der Waals surface area contributed by atoms with Crippen LogP contribution in [-0.2, 0) is 6.54 Å². The number of halogens is 1. The average molecular weight is 440 g/mol. The van der Waals surface area contributed by atoms with Gasteiger partial charge in [-0.3, -0.25) is 4.99 Å². The predicted octanol–water partition coefficient (Wildman–Crippen LogP) is 2.69. The summed E-state index contributed by atoms with van der Waals surface area (Å²) in [6.45, 7) is 5.21. The minimum Gasteiger partial charge on any atom is -0.352 e. The second kappa shape index (κ2) is 9.00. The minimum absolute atomic E-state index is 0. The van der Waals surface area contributed by atoms with Crippen molar-refractivity contribution < 1.29 is 0 Å². The van der Waals surface area contributed by atoms with Crippen LogP contribution >= 0.6 is 24.0 Å². The van der Waals surface area contributed by atoms with E-state index in [-0.39, 0.29) is 24.0 Å². The Morgan fingerprint density at radius 3 is 2.79 bits per heavy atom. The first-order chi connectivity index (χ1) is 11.3. The average Bonchev–Trinajstić information content (AvgIpc) is 3.12. The lowest BCUT2D eigenvalue weighted by Crippen LogP contribution is -2.45. The van der Waals surface area contributed by atoms with E-state index in [1.165, 1.54) is 12.8 Å². The topological polar surface area (TPSA) is 58.3 Å². The van der Waals surface area contributed by atoms with Gasteiger partial charge in [0, 0.05) is 45.3 Å². The highest BCUT2D eigenvalue weighted by molar-refractivity contribution is 14.0. The summed E-state index contributed by atoms with van der Waals surface area (Å²) in [7, 11) is 1.85. The van der Waals surface area contributed by atoms with Gasteiger partial charge in [0.2, 0.25) is 0 Å². The molecular weight excluding hydrogens is 415 g/mol. The van der Waals surface area contributed by atoms with Crippen molar-refractivity contribution in [1.29, 1.82) is 0 Å². The molecule has 1 N–H and O–H groups in total. The number of hydrogen-bond acceptors (Lipinski definition) is 3. The third-order valence-corrected chi connectivity index (χ3v) is 4.29. The number of pyridine rings is 1. The molecule has 0 aliphatic carbocycles. The molecule has 1 aliphatic rings. The van der Waals surface area contributed by atoms with Crippen molar-refractivity contribution in [2.24, 2.45) is 10.9 Å². The summed E-state index contributed by atoms with van der Waals surface area (Å²) in [6.07, 6.45) is 7.94. The van der Waals surface area contributed by atoms with Gasteiger partial charge < -0.3 is 10.2 Å². The number of rotatable bonds is 3. The van der Waals surface area contributed by atoms with Crippen LogP contribution in [0.15, 0.2) is 41.8 Å². The van der Waals surface area contributed by atoms with Crippen LogP contribution in [0.3, 0.4) is 0 Å². The summed E-state index contributed by atoms with van der Waals surface area (Å²) in [4.78, 5) is 11.1. The molecule has 1 saturated heterocycles. The summed E-state index contributed by atoms with van der Waals surface area (Å²) in [5, 5.41) is 7.68. The maximum atomic E-state index is 4.42. The lowest BCUT2D eigenvalue weighted by atomic mass is 10.00. The van der Waals surface area contributed by atoms with Gasteiger partial charge in [0.15, 0.2) is 11.8 Å². The van der Waals surface area contributed by atoms with Gasteiger partial charge >= 0.3 is 0 Å². The normalized spacial score (nSPS) is 15.9. The zero-order valence-corrected chi connectivity index (χ0v) is 16.6. The number of guanidine groups is 1. The Morgan fingerprint density at radius 2 is 2.12 bits per heavy atom. The first-order valence-corrected chi connectivity index (χ1v) is 8.17. The van der Waals surface area contributed by atoms with Gasteiger partial charge in [0.25, 0.3) is 0 Å². The van der Waals surface area contributed by atoms with Crippen LogP contribution in [0.1, 0.15) is 25.3 Å². The monoisotopic (exact) mass is 440 g/mol. The Morgan fingerprint density at radius 1 is 1.33 bits per heavy atom. The van der Waals surface area contributed by atoms with E-state index >= 15 is 0 Å². The molecule has 2 aromatic heterocycles. The van der Waals surface area contributed by atoms with Gasteiger partial charge in [-0.05, 0) is 42.5 Å². The Hall–Kier alpha value is -1.64. The maximum Gasteiger partial charge on any atom is 0.193 e. The lowest BCUT2D eigenvalue weighted by Gasteiger charge is -2.32. The zero-order chi connectivity index (χ0) is 16.1. The standard InChI is InChI=1S/C17H24N6.HI/c1-14-5-10-22(11-6-14)17(18-2)20-13-15-4-8-19-16(12-15)23-9-3-7-21-23;/h3-4,7-9,12,14H,5-6,10-11,13H2,1-2H3,(H,18,20);1H. The predicted molar refractivity (Wildman–Crippen MR) is 107 cm³/mol. The van der Waals surface area contributed by atoms with Crippen LogP contribution in [0.5, 0.6) is 0 Å². The summed E-state index contributed by atoms with van der Waals surface area (Å²) in [5.74, 6) is 2.63. The summed E-state index contributed by atoms with van der Waals surface area (Å²) in [6, 6.07) is 5.96. The fourth-order valence-corrected chi connectivity index (χ4v) is 2.83. The Kier molecular flexibility index (Phi) is 7.01. The molecule has 0 bridgehead atoms. The summed E-state index contributed by atoms with van der Waals surface area (Å²) >= 11 is 0. The molecular formula is C17H25IN6. The Labute approximate surface area is 160 Å². The molecule has 0 radical (unpaired) electrons. The van der Waals surface area contributed by atoms with Gasteiger partial charge in [0.1, 0.15) is 0 Å². The highest BCUT2D eigenvalue weighted by Crippen LogP contribution is 2.16. The number of likely N-dealkylation sites (tertiary alicyclic amines) is 1. The van der Waals surface area contributed by atoms with Gasteiger partial charge in [-0.2, -0.15) is 5.10 Å². The largest absolute Gasteiger partial charge is 0.352 e. The van der Waals surface area contributed by atoms with Gasteiger partial charge in [-0.1, -0.05) is 6.92 Å². The number of hydrogen-bond donors (Lipinski definition) is 1. The van der Waals surface area contributed by atoms with Crippen molar-refractivity contribution in [3.8, 4) is 5.82 Å². The van der Waals surface area contributed by atoms with E-state index in [1.807, 2.05) is 37.6 Å². The Balaban J connectivity index is 0.00000208. The quantitative estimate of drug-likeness (QED) is 0.453. The molecule has 0 atom stereocenters. The highest BCUT2D eigenvalue weighted by Gasteiger charge is 2.18. The van der Waals surface area contributed by atoms with E-state index < -0.39 is 0 Å². The number of nitrogens with zero attached hydrogens (tertiary/aromatic N) is 5. The third-order valence-electron chi connectivity index (χ3n) is 4.29. The molecule has 0 saturated carbocycles. The highest BCUT2D eigenvalue weighted by atomic mass is 127. The number of aromatic nitrogens is 3. The molecule has 0 spiro atoms.